The minimum Gasteiger partial charge on any atom is -0.0619 e. The minimum atomic E-state index is -0.488. The SMILES string of the molecule is c1ccc2c(c1)-c1ccccc1C21c2c(ccc3ccccc23)-c2c1c1ccc(-c3cc4c5ccccc5c5ccccc5c4c4ccccc34)cc1c1ccccc21. The zero-order valence-electron chi connectivity index (χ0n) is 32.1. The Hall–Kier alpha value is -7.54. The highest BCUT2D eigenvalue weighted by Gasteiger charge is 2.53. The normalized spacial score (nSPS) is 13.6. The van der Waals surface area contributed by atoms with Crippen molar-refractivity contribution in [3.8, 4) is 33.4 Å². The molecular weight excluding hydrogens is 709 g/mol. The van der Waals surface area contributed by atoms with Gasteiger partial charge in [-0.25, -0.2) is 0 Å². The van der Waals surface area contributed by atoms with Gasteiger partial charge in [0, 0.05) is 0 Å². The number of hydrogen-bond acceptors (Lipinski definition) is 0. The molecule has 14 rings (SSSR count). The number of rotatable bonds is 1. The Labute approximate surface area is 341 Å². The monoisotopic (exact) mass is 742 g/mol. The first-order valence-electron chi connectivity index (χ1n) is 20.8. The van der Waals surface area contributed by atoms with Crippen molar-refractivity contribution >= 4 is 75.4 Å². The fourth-order valence-electron chi connectivity index (χ4n) is 11.8. The summed E-state index contributed by atoms with van der Waals surface area (Å²) in [5, 5.41) is 18.2. The van der Waals surface area contributed by atoms with Gasteiger partial charge in [0.2, 0.25) is 0 Å². The van der Waals surface area contributed by atoms with Crippen LogP contribution in [0.3, 0.4) is 0 Å². The van der Waals surface area contributed by atoms with Crippen LogP contribution in [-0.2, 0) is 5.41 Å². The third-order valence-electron chi connectivity index (χ3n) is 14.0. The average molecular weight is 743 g/mol. The molecule has 12 aromatic carbocycles. The van der Waals surface area contributed by atoms with Crippen molar-refractivity contribution in [3.05, 3.63) is 229 Å². The lowest BCUT2D eigenvalue weighted by atomic mass is 9.68. The van der Waals surface area contributed by atoms with Gasteiger partial charge < -0.3 is 0 Å². The van der Waals surface area contributed by atoms with E-state index in [2.05, 4.69) is 206 Å². The minimum absolute atomic E-state index is 0.488. The molecule has 0 N–H and O–H groups in total. The van der Waals surface area contributed by atoms with Crippen molar-refractivity contribution in [2.24, 2.45) is 0 Å². The number of hydrogen-bond donors (Lipinski definition) is 0. The molecule has 0 fully saturated rings. The van der Waals surface area contributed by atoms with E-state index in [1.165, 1.54) is 131 Å². The van der Waals surface area contributed by atoms with Gasteiger partial charge in [-0.05, 0) is 143 Å². The lowest BCUT2D eigenvalue weighted by Crippen LogP contribution is -2.26. The van der Waals surface area contributed by atoms with Gasteiger partial charge >= 0.3 is 0 Å². The van der Waals surface area contributed by atoms with E-state index in [0.29, 0.717) is 0 Å². The van der Waals surface area contributed by atoms with Gasteiger partial charge in [-0.1, -0.05) is 194 Å². The quantitative estimate of drug-likeness (QED) is 0.147. The third-order valence-corrected chi connectivity index (χ3v) is 14.0. The van der Waals surface area contributed by atoms with Gasteiger partial charge in [-0.3, -0.25) is 0 Å². The maximum absolute atomic E-state index is 2.51. The van der Waals surface area contributed by atoms with Gasteiger partial charge in [0.1, 0.15) is 0 Å². The predicted molar refractivity (Wildman–Crippen MR) is 251 cm³/mol. The second-order valence-corrected chi connectivity index (χ2v) is 16.6. The Morgan fingerprint density at radius 3 is 1.46 bits per heavy atom. The van der Waals surface area contributed by atoms with Crippen LogP contribution in [-0.4, -0.2) is 0 Å². The molecule has 0 aliphatic heterocycles. The summed E-state index contributed by atoms with van der Waals surface area (Å²) >= 11 is 0. The van der Waals surface area contributed by atoms with E-state index in [0.717, 1.165) is 0 Å². The molecule has 0 atom stereocenters. The summed E-state index contributed by atoms with van der Waals surface area (Å²) in [7, 11) is 0. The average Bonchev–Trinajstić information content (AvgIpc) is 3.79. The standard InChI is InChI=1S/C59H34/c1-2-16-37-35(15-1)29-32-49-56-47-26-10-7-21-42(47)51-33-36(30-31-48(51)58(56)59(57(37)49)53-27-13-11-22-43(53)44-23-12-14-28-54(44)59)50-34-52-40-19-4-3-17-38(40)39-18-5-8-24-45(39)55(52)46-25-9-6-20-41(46)50/h1-34H. The fraction of sp³-hybridized carbons (Fsp3) is 0.0169. The van der Waals surface area contributed by atoms with Crippen LogP contribution in [0.25, 0.3) is 109 Å². The molecule has 0 unspecified atom stereocenters. The van der Waals surface area contributed by atoms with Crippen LogP contribution in [0.15, 0.2) is 206 Å². The molecule has 1 spiro atoms. The molecule has 2 aliphatic rings. The van der Waals surface area contributed by atoms with Gasteiger partial charge in [0.05, 0.1) is 5.41 Å². The first kappa shape index (κ1) is 31.5. The molecule has 0 radical (unpaired) electrons. The van der Waals surface area contributed by atoms with Crippen molar-refractivity contribution in [2.45, 2.75) is 5.41 Å². The van der Waals surface area contributed by atoms with Crippen LogP contribution < -0.4 is 0 Å². The first-order valence-corrected chi connectivity index (χ1v) is 20.8. The summed E-state index contributed by atoms with van der Waals surface area (Å²) in [5.74, 6) is 0. The third kappa shape index (κ3) is 3.85. The molecule has 0 amide bonds. The van der Waals surface area contributed by atoms with Crippen LogP contribution in [0.1, 0.15) is 22.3 Å². The molecule has 0 heteroatoms. The van der Waals surface area contributed by atoms with Crippen LogP contribution in [0.4, 0.5) is 0 Å². The highest BCUT2D eigenvalue weighted by atomic mass is 14.5. The van der Waals surface area contributed by atoms with Crippen molar-refractivity contribution < 1.29 is 0 Å². The number of fused-ring (bicyclic) bond motifs is 25. The van der Waals surface area contributed by atoms with Crippen molar-refractivity contribution in [1.82, 2.24) is 0 Å². The first-order chi connectivity index (χ1) is 29.3. The van der Waals surface area contributed by atoms with E-state index in [9.17, 15) is 0 Å². The summed E-state index contributed by atoms with van der Waals surface area (Å²) in [4.78, 5) is 0. The summed E-state index contributed by atoms with van der Waals surface area (Å²) in [5.41, 5.74) is 12.9. The molecular formula is C59H34. The summed E-state index contributed by atoms with van der Waals surface area (Å²) in [6.07, 6.45) is 0. The maximum atomic E-state index is 2.51. The van der Waals surface area contributed by atoms with E-state index in [-0.39, 0.29) is 0 Å². The Balaban J connectivity index is 1.15. The fourth-order valence-corrected chi connectivity index (χ4v) is 11.8. The van der Waals surface area contributed by atoms with Gasteiger partial charge in [0.15, 0.2) is 0 Å². The van der Waals surface area contributed by atoms with E-state index >= 15 is 0 Å². The second-order valence-electron chi connectivity index (χ2n) is 16.6. The Kier molecular flexibility index (Phi) is 6.05. The topological polar surface area (TPSA) is 0 Å². The molecule has 12 aromatic rings. The predicted octanol–water partition coefficient (Wildman–Crippen LogP) is 15.8. The van der Waals surface area contributed by atoms with E-state index in [1.54, 1.807) is 0 Å². The van der Waals surface area contributed by atoms with Crippen LogP contribution >= 0.6 is 0 Å². The number of benzene rings is 12. The Morgan fingerprint density at radius 1 is 0.254 bits per heavy atom. The maximum Gasteiger partial charge on any atom is 0.0737 e. The van der Waals surface area contributed by atoms with Crippen LogP contribution in [0, 0.1) is 0 Å². The van der Waals surface area contributed by atoms with Crippen molar-refractivity contribution in [1.29, 1.82) is 0 Å². The molecule has 0 saturated heterocycles. The highest BCUT2D eigenvalue weighted by molar-refractivity contribution is 6.33. The largest absolute Gasteiger partial charge is 0.0737 e. The zero-order chi connectivity index (χ0) is 38.4. The molecule has 0 heterocycles. The molecule has 0 bridgehead atoms. The molecule has 0 saturated carbocycles. The van der Waals surface area contributed by atoms with Gasteiger partial charge in [-0.2, -0.15) is 0 Å². The van der Waals surface area contributed by atoms with Crippen molar-refractivity contribution in [2.75, 3.05) is 0 Å². The van der Waals surface area contributed by atoms with Crippen LogP contribution in [0.5, 0.6) is 0 Å². The van der Waals surface area contributed by atoms with E-state index in [1.807, 2.05) is 0 Å². The Bertz CT molecular complexity index is 3800. The zero-order valence-corrected chi connectivity index (χ0v) is 32.1. The lowest BCUT2D eigenvalue weighted by molar-refractivity contribution is 0.809. The molecule has 0 aromatic heterocycles. The molecule has 59 heavy (non-hydrogen) atoms. The van der Waals surface area contributed by atoms with Crippen molar-refractivity contribution in [3.63, 3.8) is 0 Å². The summed E-state index contributed by atoms with van der Waals surface area (Å²) < 4.78 is 0. The summed E-state index contributed by atoms with van der Waals surface area (Å²) in [6, 6.07) is 78.1. The smallest absolute Gasteiger partial charge is 0.0619 e. The highest BCUT2D eigenvalue weighted by Crippen LogP contribution is 2.66. The van der Waals surface area contributed by atoms with Gasteiger partial charge in [0.25, 0.3) is 0 Å². The summed E-state index contributed by atoms with van der Waals surface area (Å²) in [6.45, 7) is 0. The second kappa shape index (κ2) is 11.3. The molecule has 270 valence electrons. The lowest BCUT2D eigenvalue weighted by Gasteiger charge is -2.32. The van der Waals surface area contributed by atoms with Crippen LogP contribution in [0.2, 0.25) is 0 Å². The van der Waals surface area contributed by atoms with Gasteiger partial charge in [-0.15, -0.1) is 0 Å². The van der Waals surface area contributed by atoms with E-state index < -0.39 is 5.41 Å². The van der Waals surface area contributed by atoms with E-state index in [4.69, 9.17) is 0 Å². The molecule has 0 nitrogen and oxygen atoms in total. The Morgan fingerprint density at radius 2 is 0.763 bits per heavy atom. The molecule has 2 aliphatic carbocycles.